The Bertz CT molecular complexity index is 2820. The monoisotopic (exact) mass is 667 g/mol. The molecule has 0 unspecified atom stereocenters. The van der Waals surface area contributed by atoms with Crippen molar-refractivity contribution < 1.29 is 4.42 Å². The molecule has 2 heterocycles. The normalized spacial score (nSPS) is 13.0. The fourth-order valence-corrected chi connectivity index (χ4v) is 7.97. The fourth-order valence-electron chi connectivity index (χ4n) is 7.97. The lowest BCUT2D eigenvalue weighted by Crippen LogP contribution is -2.14. The van der Waals surface area contributed by atoms with Crippen molar-refractivity contribution in [1.29, 1.82) is 0 Å². The van der Waals surface area contributed by atoms with E-state index in [4.69, 9.17) is 19.4 Å². The van der Waals surface area contributed by atoms with E-state index in [1.807, 2.05) is 42.5 Å². The van der Waals surface area contributed by atoms with Crippen LogP contribution in [0.1, 0.15) is 25.0 Å². The van der Waals surface area contributed by atoms with Gasteiger partial charge in [-0.3, -0.25) is 0 Å². The molecule has 0 aliphatic heterocycles. The quantitative estimate of drug-likeness (QED) is 0.183. The summed E-state index contributed by atoms with van der Waals surface area (Å²) in [6, 6.07) is 57.2. The molecule has 1 aliphatic carbocycles. The van der Waals surface area contributed by atoms with Crippen LogP contribution < -0.4 is 0 Å². The summed E-state index contributed by atoms with van der Waals surface area (Å²) in [6.07, 6.45) is 0. The van der Waals surface area contributed by atoms with Gasteiger partial charge in [0.1, 0.15) is 11.2 Å². The second kappa shape index (κ2) is 11.7. The minimum atomic E-state index is -0.102. The van der Waals surface area contributed by atoms with Gasteiger partial charge in [-0.2, -0.15) is 0 Å². The number of fused-ring (bicyclic) bond motifs is 6. The summed E-state index contributed by atoms with van der Waals surface area (Å²) in [5, 5.41) is 2.16. The SMILES string of the molecule is CC1(C)c2ccccc2-c2ccc(-c3ccccc3-c3nc(-c4ccccc4)nc(-c4ccc5c(c4)oc4cccc(-c6ccccc6)c45)n3)cc21. The predicted molar refractivity (Wildman–Crippen MR) is 212 cm³/mol. The summed E-state index contributed by atoms with van der Waals surface area (Å²) >= 11 is 0. The number of hydrogen-bond acceptors (Lipinski definition) is 4. The molecule has 0 bridgehead atoms. The van der Waals surface area contributed by atoms with Crippen LogP contribution in [0.25, 0.3) is 89.5 Å². The van der Waals surface area contributed by atoms with Crippen LogP contribution in [-0.4, -0.2) is 15.0 Å². The van der Waals surface area contributed by atoms with Crippen LogP contribution in [0.2, 0.25) is 0 Å². The van der Waals surface area contributed by atoms with E-state index >= 15 is 0 Å². The summed E-state index contributed by atoms with van der Waals surface area (Å²) in [5.74, 6) is 1.84. The molecule has 0 atom stereocenters. The van der Waals surface area contributed by atoms with Gasteiger partial charge < -0.3 is 4.42 Å². The summed E-state index contributed by atoms with van der Waals surface area (Å²) in [5.41, 5.74) is 14.1. The molecule has 0 spiro atoms. The van der Waals surface area contributed by atoms with Crippen LogP contribution in [0.5, 0.6) is 0 Å². The van der Waals surface area contributed by atoms with E-state index in [-0.39, 0.29) is 5.41 Å². The van der Waals surface area contributed by atoms with Gasteiger partial charge in [-0.15, -0.1) is 0 Å². The lowest BCUT2D eigenvalue weighted by Gasteiger charge is -2.22. The van der Waals surface area contributed by atoms with Crippen molar-refractivity contribution >= 4 is 21.9 Å². The number of rotatable bonds is 5. The van der Waals surface area contributed by atoms with Crippen molar-refractivity contribution in [1.82, 2.24) is 15.0 Å². The maximum atomic E-state index is 6.49. The third-order valence-corrected chi connectivity index (χ3v) is 10.6. The van der Waals surface area contributed by atoms with Gasteiger partial charge in [0.15, 0.2) is 17.5 Å². The first-order valence-electron chi connectivity index (χ1n) is 17.7. The average Bonchev–Trinajstić information content (AvgIpc) is 3.69. The lowest BCUT2D eigenvalue weighted by atomic mass is 9.81. The van der Waals surface area contributed by atoms with E-state index in [2.05, 4.69) is 135 Å². The van der Waals surface area contributed by atoms with Crippen LogP contribution in [-0.2, 0) is 5.41 Å². The molecule has 2 aromatic heterocycles. The van der Waals surface area contributed by atoms with Gasteiger partial charge in [-0.1, -0.05) is 153 Å². The Hall–Kier alpha value is -6.65. The number of nitrogens with zero attached hydrogens (tertiary/aromatic N) is 3. The number of benzene rings is 7. The van der Waals surface area contributed by atoms with E-state index in [0.29, 0.717) is 17.5 Å². The van der Waals surface area contributed by atoms with Gasteiger partial charge in [0.25, 0.3) is 0 Å². The van der Waals surface area contributed by atoms with Crippen LogP contribution in [0.3, 0.4) is 0 Å². The Morgan fingerprint density at radius 1 is 0.385 bits per heavy atom. The van der Waals surface area contributed by atoms with Crippen LogP contribution >= 0.6 is 0 Å². The molecular weight excluding hydrogens is 635 g/mol. The highest BCUT2D eigenvalue weighted by molar-refractivity contribution is 6.13. The Morgan fingerprint density at radius 2 is 0.981 bits per heavy atom. The zero-order valence-electron chi connectivity index (χ0n) is 28.8. The molecule has 246 valence electrons. The van der Waals surface area contributed by atoms with E-state index in [1.165, 1.54) is 22.3 Å². The van der Waals surface area contributed by atoms with Crippen molar-refractivity contribution in [3.8, 4) is 67.5 Å². The highest BCUT2D eigenvalue weighted by atomic mass is 16.3. The highest BCUT2D eigenvalue weighted by Crippen LogP contribution is 2.50. The summed E-state index contributed by atoms with van der Waals surface area (Å²) in [4.78, 5) is 15.3. The van der Waals surface area contributed by atoms with Gasteiger partial charge in [0.2, 0.25) is 0 Å². The van der Waals surface area contributed by atoms with E-state index < -0.39 is 0 Å². The second-order valence-electron chi connectivity index (χ2n) is 14.0. The standard InChI is InChI=1S/C48H33N3O/c1-48(2)40-22-12-11-19-36(40)37-26-24-32(28-41(37)48)34-18-9-10-20-38(34)47-50-45(31-16-7-4-8-17-31)49-46(51-47)33-25-27-39-43(29-33)52-42-23-13-21-35(44(39)42)30-14-5-3-6-15-30/h3-29H,1-2H3. The largest absolute Gasteiger partial charge is 0.456 e. The first kappa shape index (κ1) is 30.2. The Morgan fingerprint density at radius 3 is 1.77 bits per heavy atom. The Labute approximate surface area is 302 Å². The van der Waals surface area contributed by atoms with Crippen LogP contribution in [0, 0.1) is 0 Å². The van der Waals surface area contributed by atoms with Crippen molar-refractivity contribution in [2.45, 2.75) is 19.3 Å². The summed E-state index contributed by atoms with van der Waals surface area (Å²) < 4.78 is 6.49. The molecule has 0 radical (unpaired) electrons. The van der Waals surface area contributed by atoms with Gasteiger partial charge in [0.05, 0.1) is 0 Å². The van der Waals surface area contributed by atoms with Crippen LogP contribution in [0.4, 0.5) is 0 Å². The average molecular weight is 668 g/mol. The maximum Gasteiger partial charge on any atom is 0.164 e. The van der Waals surface area contributed by atoms with Crippen molar-refractivity contribution in [3.05, 3.63) is 175 Å². The maximum absolute atomic E-state index is 6.49. The van der Waals surface area contributed by atoms with Crippen molar-refractivity contribution in [2.75, 3.05) is 0 Å². The van der Waals surface area contributed by atoms with Gasteiger partial charge in [-0.25, -0.2) is 15.0 Å². The molecule has 9 aromatic rings. The van der Waals surface area contributed by atoms with Gasteiger partial charge >= 0.3 is 0 Å². The molecule has 7 aromatic carbocycles. The highest BCUT2D eigenvalue weighted by Gasteiger charge is 2.35. The minimum absolute atomic E-state index is 0.102. The smallest absolute Gasteiger partial charge is 0.164 e. The fraction of sp³-hybridized carbons (Fsp3) is 0.0625. The van der Waals surface area contributed by atoms with E-state index in [0.717, 1.165) is 60.9 Å². The molecule has 0 saturated heterocycles. The number of aromatic nitrogens is 3. The molecule has 4 nitrogen and oxygen atoms in total. The van der Waals surface area contributed by atoms with Crippen molar-refractivity contribution in [2.24, 2.45) is 0 Å². The third-order valence-electron chi connectivity index (χ3n) is 10.6. The second-order valence-corrected chi connectivity index (χ2v) is 14.0. The summed E-state index contributed by atoms with van der Waals surface area (Å²) in [7, 11) is 0. The topological polar surface area (TPSA) is 51.8 Å². The number of furan rings is 1. The molecule has 52 heavy (non-hydrogen) atoms. The molecule has 4 heteroatoms. The van der Waals surface area contributed by atoms with Gasteiger partial charge in [0, 0.05) is 32.9 Å². The molecule has 1 aliphatic rings. The van der Waals surface area contributed by atoms with Gasteiger partial charge in [-0.05, 0) is 68.8 Å². The number of hydrogen-bond donors (Lipinski definition) is 0. The Kier molecular flexibility index (Phi) is 6.80. The zero-order chi connectivity index (χ0) is 34.8. The molecule has 0 amide bonds. The molecule has 10 rings (SSSR count). The molecular formula is C48H33N3O. The Balaban J connectivity index is 1.13. The molecule has 0 fully saturated rings. The zero-order valence-corrected chi connectivity index (χ0v) is 28.8. The van der Waals surface area contributed by atoms with E-state index in [1.54, 1.807) is 0 Å². The summed E-state index contributed by atoms with van der Waals surface area (Å²) in [6.45, 7) is 4.64. The predicted octanol–water partition coefficient (Wildman–Crippen LogP) is 12.4. The molecule has 0 saturated carbocycles. The lowest BCUT2D eigenvalue weighted by molar-refractivity contribution is 0.660. The first-order valence-corrected chi connectivity index (χ1v) is 17.7. The minimum Gasteiger partial charge on any atom is -0.456 e. The van der Waals surface area contributed by atoms with E-state index in [9.17, 15) is 0 Å². The van der Waals surface area contributed by atoms with Crippen molar-refractivity contribution in [3.63, 3.8) is 0 Å². The first-order chi connectivity index (χ1) is 25.5. The van der Waals surface area contributed by atoms with Crippen LogP contribution in [0.15, 0.2) is 168 Å². The molecule has 0 N–H and O–H groups in total. The third kappa shape index (κ3) is 4.79.